The third kappa shape index (κ3) is 4.53. The van der Waals surface area contributed by atoms with Gasteiger partial charge in [0.15, 0.2) is 0 Å². The first kappa shape index (κ1) is 18.2. The number of rotatable bonds is 4. The van der Waals surface area contributed by atoms with Crippen LogP contribution < -0.4 is 5.32 Å². The zero-order valence-corrected chi connectivity index (χ0v) is 14.8. The average molecular weight is 375 g/mol. The average Bonchev–Trinajstić information content (AvgIpc) is 2.67. The van der Waals surface area contributed by atoms with E-state index >= 15 is 0 Å². The number of carboxylic acid groups (broad SMARTS) is 1. The predicted octanol–water partition coefficient (Wildman–Crippen LogP) is 3.32. The predicted molar refractivity (Wildman–Crippen MR) is 97.4 cm³/mol. The molecule has 0 radical (unpaired) electrons. The molecule has 26 heavy (non-hydrogen) atoms. The van der Waals surface area contributed by atoms with E-state index in [1.165, 1.54) is 12.1 Å². The van der Waals surface area contributed by atoms with Crippen LogP contribution in [0.2, 0.25) is 5.02 Å². The number of nitrogens with one attached hydrogen (secondary N) is 1. The Labute approximate surface area is 156 Å². The molecule has 1 heterocycles. The molecule has 2 N–H and O–H groups in total. The summed E-state index contributed by atoms with van der Waals surface area (Å²) in [6.07, 6.45) is -0.179. The molecule has 6 nitrogen and oxygen atoms in total. The van der Waals surface area contributed by atoms with Gasteiger partial charge in [0.25, 0.3) is 0 Å². The number of nitrogens with zero attached hydrogens (tertiary/aromatic N) is 1. The number of aromatic carboxylic acids is 1. The van der Waals surface area contributed by atoms with Crippen LogP contribution >= 0.6 is 11.6 Å². The third-order valence-electron chi connectivity index (χ3n) is 4.24. The molecular formula is C19H19ClN2O4. The molecule has 7 heteroatoms. The van der Waals surface area contributed by atoms with Crippen molar-refractivity contribution < 1.29 is 19.4 Å². The summed E-state index contributed by atoms with van der Waals surface area (Å²) in [7, 11) is 0. The fourth-order valence-electron chi connectivity index (χ4n) is 2.77. The smallest absolute Gasteiger partial charge is 0.335 e. The Hall–Kier alpha value is -2.57. The maximum atomic E-state index is 12.4. The van der Waals surface area contributed by atoms with Gasteiger partial charge in [-0.3, -0.25) is 0 Å². The summed E-state index contributed by atoms with van der Waals surface area (Å²) in [6.45, 7) is 1.79. The molecule has 136 valence electrons. The molecule has 1 fully saturated rings. The van der Waals surface area contributed by atoms with E-state index in [-0.39, 0.29) is 17.7 Å². The highest BCUT2D eigenvalue weighted by molar-refractivity contribution is 6.30. The number of carboxylic acids is 1. The van der Waals surface area contributed by atoms with Crippen LogP contribution in [-0.2, 0) is 11.3 Å². The molecule has 3 rings (SSSR count). The van der Waals surface area contributed by atoms with Crippen molar-refractivity contribution in [3.8, 4) is 0 Å². The minimum absolute atomic E-state index is 0.172. The van der Waals surface area contributed by atoms with Crippen molar-refractivity contribution in [1.82, 2.24) is 10.2 Å². The molecule has 0 aromatic heterocycles. The second-order valence-corrected chi connectivity index (χ2v) is 6.45. The first-order valence-corrected chi connectivity index (χ1v) is 8.63. The summed E-state index contributed by atoms with van der Waals surface area (Å²) >= 11 is 5.91. The molecule has 0 aliphatic carbocycles. The van der Waals surface area contributed by atoms with Gasteiger partial charge in [-0.05, 0) is 35.4 Å². The first-order valence-electron chi connectivity index (χ1n) is 8.25. The Morgan fingerprint density at radius 3 is 2.50 bits per heavy atom. The van der Waals surface area contributed by atoms with Gasteiger partial charge < -0.3 is 20.1 Å². The lowest BCUT2D eigenvalue weighted by atomic mass is 10.1. The molecule has 0 spiro atoms. The minimum Gasteiger partial charge on any atom is -0.478 e. The van der Waals surface area contributed by atoms with Crippen molar-refractivity contribution in [1.29, 1.82) is 0 Å². The number of benzene rings is 2. The highest BCUT2D eigenvalue weighted by atomic mass is 35.5. The molecule has 1 saturated heterocycles. The van der Waals surface area contributed by atoms with Crippen LogP contribution in [0.25, 0.3) is 0 Å². The van der Waals surface area contributed by atoms with E-state index in [2.05, 4.69) is 5.32 Å². The van der Waals surface area contributed by atoms with Crippen LogP contribution in [0.4, 0.5) is 4.79 Å². The van der Waals surface area contributed by atoms with Gasteiger partial charge in [0.2, 0.25) is 0 Å². The van der Waals surface area contributed by atoms with Gasteiger partial charge in [0.1, 0.15) is 6.10 Å². The summed E-state index contributed by atoms with van der Waals surface area (Å²) in [5, 5.41) is 12.4. The quantitative estimate of drug-likeness (QED) is 0.860. The SMILES string of the molecule is O=C(O)c1ccc(CNC(=O)N2CCO[C@H](c3ccc(Cl)cc3)C2)cc1. The summed E-state index contributed by atoms with van der Waals surface area (Å²) in [5.41, 5.74) is 2.04. The summed E-state index contributed by atoms with van der Waals surface area (Å²) in [4.78, 5) is 25.0. The number of halogens is 1. The van der Waals surface area contributed by atoms with Gasteiger partial charge in [0, 0.05) is 18.1 Å². The minimum atomic E-state index is -0.970. The largest absolute Gasteiger partial charge is 0.478 e. The lowest BCUT2D eigenvalue weighted by Crippen LogP contribution is -2.46. The summed E-state index contributed by atoms with van der Waals surface area (Å²) in [6, 6.07) is 13.7. The monoisotopic (exact) mass is 374 g/mol. The molecule has 1 atom stereocenters. The maximum absolute atomic E-state index is 12.4. The number of hydrogen-bond acceptors (Lipinski definition) is 3. The van der Waals surface area contributed by atoms with Crippen molar-refractivity contribution in [2.75, 3.05) is 19.7 Å². The number of urea groups is 1. The lowest BCUT2D eigenvalue weighted by Gasteiger charge is -2.33. The number of amides is 2. The number of carbonyl (C=O) groups is 2. The zero-order valence-electron chi connectivity index (χ0n) is 14.0. The summed E-state index contributed by atoms with van der Waals surface area (Å²) < 4.78 is 5.76. The van der Waals surface area contributed by atoms with E-state index in [9.17, 15) is 9.59 Å². The van der Waals surface area contributed by atoms with Crippen LogP contribution in [0.3, 0.4) is 0 Å². The maximum Gasteiger partial charge on any atom is 0.335 e. The Bertz CT molecular complexity index is 777. The first-order chi connectivity index (χ1) is 12.5. The molecule has 2 amide bonds. The van der Waals surface area contributed by atoms with Crippen molar-refractivity contribution in [2.45, 2.75) is 12.6 Å². The van der Waals surface area contributed by atoms with E-state index in [1.54, 1.807) is 29.2 Å². The number of carbonyl (C=O) groups excluding carboxylic acids is 1. The van der Waals surface area contributed by atoms with Crippen LogP contribution in [0, 0.1) is 0 Å². The van der Waals surface area contributed by atoms with E-state index in [0.717, 1.165) is 11.1 Å². The molecular weight excluding hydrogens is 356 g/mol. The Morgan fingerprint density at radius 2 is 1.85 bits per heavy atom. The van der Waals surface area contributed by atoms with E-state index in [0.29, 0.717) is 31.3 Å². The van der Waals surface area contributed by atoms with Gasteiger partial charge in [-0.1, -0.05) is 35.9 Å². The van der Waals surface area contributed by atoms with Crippen molar-refractivity contribution in [3.05, 3.63) is 70.2 Å². The number of ether oxygens (including phenoxy) is 1. The van der Waals surface area contributed by atoms with Gasteiger partial charge >= 0.3 is 12.0 Å². The van der Waals surface area contributed by atoms with Crippen LogP contribution in [0.1, 0.15) is 27.6 Å². The lowest BCUT2D eigenvalue weighted by molar-refractivity contribution is -0.0154. The fraction of sp³-hybridized carbons (Fsp3) is 0.263. The van der Waals surface area contributed by atoms with Gasteiger partial charge in [-0.15, -0.1) is 0 Å². The van der Waals surface area contributed by atoms with E-state index in [4.69, 9.17) is 21.4 Å². The summed E-state index contributed by atoms with van der Waals surface area (Å²) in [5.74, 6) is -0.970. The van der Waals surface area contributed by atoms with Gasteiger partial charge in [-0.25, -0.2) is 9.59 Å². The molecule has 0 bridgehead atoms. The zero-order chi connectivity index (χ0) is 18.5. The number of hydrogen-bond donors (Lipinski definition) is 2. The highest BCUT2D eigenvalue weighted by Gasteiger charge is 2.25. The van der Waals surface area contributed by atoms with Crippen molar-refractivity contribution >= 4 is 23.6 Å². The standard InChI is InChI=1S/C19H19ClN2O4/c20-16-7-5-14(6-8-16)17-12-22(9-10-26-17)19(25)21-11-13-1-3-15(4-2-13)18(23)24/h1-8,17H,9-12H2,(H,21,25)(H,23,24)/t17-/m0/s1. The van der Waals surface area contributed by atoms with E-state index < -0.39 is 5.97 Å². The van der Waals surface area contributed by atoms with E-state index in [1.807, 2.05) is 12.1 Å². The Morgan fingerprint density at radius 1 is 1.15 bits per heavy atom. The molecule has 0 unspecified atom stereocenters. The van der Waals surface area contributed by atoms with Crippen LogP contribution in [-0.4, -0.2) is 41.7 Å². The molecule has 0 saturated carbocycles. The highest BCUT2D eigenvalue weighted by Crippen LogP contribution is 2.23. The third-order valence-corrected chi connectivity index (χ3v) is 4.49. The molecule has 1 aliphatic rings. The number of morpholine rings is 1. The Balaban J connectivity index is 1.55. The van der Waals surface area contributed by atoms with Crippen LogP contribution in [0.5, 0.6) is 0 Å². The second kappa shape index (κ2) is 8.21. The normalized spacial score (nSPS) is 17.0. The molecule has 1 aliphatic heterocycles. The second-order valence-electron chi connectivity index (χ2n) is 6.02. The molecule has 2 aromatic carbocycles. The Kier molecular flexibility index (Phi) is 5.75. The van der Waals surface area contributed by atoms with Gasteiger partial charge in [0.05, 0.1) is 18.7 Å². The fourth-order valence-corrected chi connectivity index (χ4v) is 2.89. The van der Waals surface area contributed by atoms with Crippen LogP contribution in [0.15, 0.2) is 48.5 Å². The molecule has 2 aromatic rings. The van der Waals surface area contributed by atoms with Crippen molar-refractivity contribution in [3.63, 3.8) is 0 Å². The van der Waals surface area contributed by atoms with Crippen molar-refractivity contribution in [2.24, 2.45) is 0 Å². The van der Waals surface area contributed by atoms with Gasteiger partial charge in [-0.2, -0.15) is 0 Å². The topological polar surface area (TPSA) is 78.9 Å².